The number of fused-ring (bicyclic) bond motifs is 2. The second kappa shape index (κ2) is 7.03. The number of rotatable bonds is 3. The molecule has 0 saturated carbocycles. The van der Waals surface area contributed by atoms with Crippen molar-refractivity contribution in [2.75, 3.05) is 13.1 Å². The van der Waals surface area contributed by atoms with Crippen molar-refractivity contribution in [2.24, 2.45) is 0 Å². The monoisotopic (exact) mass is 395 g/mol. The molecule has 7 heteroatoms. The van der Waals surface area contributed by atoms with Crippen LogP contribution in [0.5, 0.6) is 0 Å². The Labute approximate surface area is 173 Å². The highest BCUT2D eigenvalue weighted by molar-refractivity contribution is 6.00. The lowest BCUT2D eigenvalue weighted by molar-refractivity contribution is 0.460. The summed E-state index contributed by atoms with van der Waals surface area (Å²) in [6, 6.07) is 8.40. The number of pyridine rings is 3. The van der Waals surface area contributed by atoms with Gasteiger partial charge in [0.15, 0.2) is 5.65 Å². The second-order valence-electron chi connectivity index (χ2n) is 7.84. The van der Waals surface area contributed by atoms with Crippen molar-refractivity contribution in [1.29, 1.82) is 0 Å². The molecule has 5 aromatic rings. The third-order valence-corrected chi connectivity index (χ3v) is 6.03. The van der Waals surface area contributed by atoms with Crippen LogP contribution in [0, 0.1) is 0 Å². The van der Waals surface area contributed by atoms with Gasteiger partial charge in [-0.25, -0.2) is 4.98 Å². The van der Waals surface area contributed by atoms with Crippen LogP contribution < -0.4 is 5.32 Å². The zero-order valence-electron chi connectivity index (χ0n) is 16.4. The van der Waals surface area contributed by atoms with E-state index in [2.05, 4.69) is 53.6 Å². The standard InChI is InChI=1S/C23H21N7/c1-2-15(10-25-5-1)19-12-26-13-21-17(19)9-20(28-21)22-18-8-16(11-27-23(18)30-29-22)14-3-6-24-7-4-14/h1-2,5,8-14,24,28H,3-4,6-7H2,(H,27,29,30). The van der Waals surface area contributed by atoms with Crippen LogP contribution in [-0.4, -0.2) is 43.2 Å². The van der Waals surface area contributed by atoms with Gasteiger partial charge in [0.05, 0.1) is 23.1 Å². The molecule has 3 N–H and O–H groups in total. The largest absolute Gasteiger partial charge is 0.352 e. The average Bonchev–Trinajstić information content (AvgIpc) is 3.43. The van der Waals surface area contributed by atoms with Crippen LogP contribution in [0.3, 0.4) is 0 Å². The maximum Gasteiger partial charge on any atom is 0.181 e. The van der Waals surface area contributed by atoms with E-state index in [0.29, 0.717) is 5.92 Å². The summed E-state index contributed by atoms with van der Waals surface area (Å²) in [5.74, 6) is 0.551. The molecule has 1 saturated heterocycles. The molecule has 5 aromatic heterocycles. The minimum Gasteiger partial charge on any atom is -0.352 e. The molecule has 0 aromatic carbocycles. The molecule has 30 heavy (non-hydrogen) atoms. The molecule has 1 aliphatic heterocycles. The van der Waals surface area contributed by atoms with Crippen molar-refractivity contribution in [3.63, 3.8) is 0 Å². The number of aromatic nitrogens is 6. The Morgan fingerprint density at radius 2 is 1.87 bits per heavy atom. The summed E-state index contributed by atoms with van der Waals surface area (Å²) in [4.78, 5) is 16.8. The van der Waals surface area contributed by atoms with Gasteiger partial charge < -0.3 is 10.3 Å². The molecule has 0 spiro atoms. The first-order valence-electron chi connectivity index (χ1n) is 10.3. The predicted octanol–water partition coefficient (Wildman–Crippen LogP) is 4.03. The van der Waals surface area contributed by atoms with E-state index < -0.39 is 0 Å². The number of aromatic amines is 2. The van der Waals surface area contributed by atoms with E-state index in [0.717, 1.165) is 70.4 Å². The Kier molecular flexibility index (Phi) is 4.06. The van der Waals surface area contributed by atoms with Crippen LogP contribution in [0.15, 0.2) is 55.2 Å². The minimum absolute atomic E-state index is 0.551. The normalized spacial score (nSPS) is 15.2. The number of nitrogens with one attached hydrogen (secondary N) is 3. The fourth-order valence-corrected chi connectivity index (χ4v) is 4.44. The Bertz CT molecular complexity index is 1330. The molecule has 1 fully saturated rings. The summed E-state index contributed by atoms with van der Waals surface area (Å²) in [6.07, 6.45) is 11.7. The number of hydrogen-bond donors (Lipinski definition) is 3. The van der Waals surface area contributed by atoms with Crippen LogP contribution in [0.1, 0.15) is 24.3 Å². The molecule has 0 radical (unpaired) electrons. The first kappa shape index (κ1) is 17.3. The molecule has 6 heterocycles. The average molecular weight is 395 g/mol. The van der Waals surface area contributed by atoms with Crippen molar-refractivity contribution in [3.8, 4) is 22.5 Å². The Hall–Kier alpha value is -3.58. The zero-order valence-corrected chi connectivity index (χ0v) is 16.4. The van der Waals surface area contributed by atoms with Crippen molar-refractivity contribution < 1.29 is 0 Å². The quantitative estimate of drug-likeness (QED) is 0.429. The van der Waals surface area contributed by atoms with Crippen LogP contribution in [0.25, 0.3) is 44.5 Å². The van der Waals surface area contributed by atoms with Crippen molar-refractivity contribution in [2.45, 2.75) is 18.8 Å². The van der Waals surface area contributed by atoms with Crippen LogP contribution in [0.2, 0.25) is 0 Å². The summed E-state index contributed by atoms with van der Waals surface area (Å²) < 4.78 is 0. The van der Waals surface area contributed by atoms with Gasteiger partial charge in [0.1, 0.15) is 0 Å². The van der Waals surface area contributed by atoms with E-state index >= 15 is 0 Å². The van der Waals surface area contributed by atoms with Gasteiger partial charge in [0.2, 0.25) is 0 Å². The zero-order chi connectivity index (χ0) is 19.9. The molecule has 0 bridgehead atoms. The van der Waals surface area contributed by atoms with E-state index in [1.165, 1.54) is 5.56 Å². The Morgan fingerprint density at radius 3 is 2.73 bits per heavy atom. The lowest BCUT2D eigenvalue weighted by Gasteiger charge is -2.22. The third kappa shape index (κ3) is 2.86. The van der Waals surface area contributed by atoms with Gasteiger partial charge in [-0.3, -0.25) is 15.1 Å². The molecular weight excluding hydrogens is 374 g/mol. The first-order chi connectivity index (χ1) is 14.9. The Balaban J connectivity index is 1.47. The number of H-pyrrole nitrogens is 2. The van der Waals surface area contributed by atoms with Crippen molar-refractivity contribution in [3.05, 3.63) is 60.8 Å². The second-order valence-corrected chi connectivity index (χ2v) is 7.84. The fraction of sp³-hybridized carbons (Fsp3) is 0.217. The lowest BCUT2D eigenvalue weighted by Crippen LogP contribution is -2.26. The smallest absolute Gasteiger partial charge is 0.181 e. The van der Waals surface area contributed by atoms with E-state index in [9.17, 15) is 0 Å². The van der Waals surface area contributed by atoms with E-state index in [4.69, 9.17) is 0 Å². The highest BCUT2D eigenvalue weighted by atomic mass is 15.2. The van der Waals surface area contributed by atoms with Crippen LogP contribution >= 0.6 is 0 Å². The molecule has 0 atom stereocenters. The van der Waals surface area contributed by atoms with Crippen molar-refractivity contribution in [1.82, 2.24) is 35.5 Å². The SMILES string of the molecule is c1cncc(-c2cncc3[nH]c(-c4[nH]nc5ncc(C6CCNCC6)cc45)cc23)c1. The van der Waals surface area contributed by atoms with Crippen LogP contribution in [-0.2, 0) is 0 Å². The third-order valence-electron chi connectivity index (χ3n) is 6.03. The topological polar surface area (TPSA) is 95.2 Å². The number of piperidine rings is 1. The molecule has 0 aliphatic carbocycles. The highest BCUT2D eigenvalue weighted by Crippen LogP contribution is 2.34. The maximum absolute atomic E-state index is 4.62. The van der Waals surface area contributed by atoms with Gasteiger partial charge in [-0.2, -0.15) is 5.10 Å². The van der Waals surface area contributed by atoms with E-state index in [1.807, 2.05) is 30.9 Å². The molecule has 0 unspecified atom stereocenters. The molecule has 7 nitrogen and oxygen atoms in total. The number of hydrogen-bond acceptors (Lipinski definition) is 5. The van der Waals surface area contributed by atoms with E-state index in [-0.39, 0.29) is 0 Å². The summed E-state index contributed by atoms with van der Waals surface area (Å²) in [5, 5.41) is 13.2. The fourth-order valence-electron chi connectivity index (χ4n) is 4.44. The Morgan fingerprint density at radius 1 is 0.933 bits per heavy atom. The number of nitrogens with zero attached hydrogens (tertiary/aromatic N) is 4. The van der Waals surface area contributed by atoms with Crippen LogP contribution in [0.4, 0.5) is 0 Å². The molecule has 6 rings (SSSR count). The van der Waals surface area contributed by atoms with Gasteiger partial charge in [-0.15, -0.1) is 0 Å². The van der Waals surface area contributed by atoms with Crippen molar-refractivity contribution >= 4 is 21.9 Å². The molecule has 0 amide bonds. The van der Waals surface area contributed by atoms with Gasteiger partial charge in [0.25, 0.3) is 0 Å². The molecular formula is C23H21N7. The molecule has 148 valence electrons. The summed E-state index contributed by atoms with van der Waals surface area (Å²) >= 11 is 0. The highest BCUT2D eigenvalue weighted by Gasteiger charge is 2.19. The van der Waals surface area contributed by atoms with E-state index in [1.54, 1.807) is 6.20 Å². The summed E-state index contributed by atoms with van der Waals surface area (Å²) in [5.41, 5.74) is 7.06. The maximum atomic E-state index is 4.62. The first-order valence-corrected chi connectivity index (χ1v) is 10.3. The van der Waals surface area contributed by atoms with Gasteiger partial charge >= 0.3 is 0 Å². The lowest BCUT2D eigenvalue weighted by atomic mass is 9.91. The van der Waals surface area contributed by atoms with Gasteiger partial charge in [-0.1, -0.05) is 6.07 Å². The summed E-state index contributed by atoms with van der Waals surface area (Å²) in [7, 11) is 0. The van der Waals surface area contributed by atoms with Gasteiger partial charge in [0, 0.05) is 46.7 Å². The van der Waals surface area contributed by atoms with Gasteiger partial charge in [-0.05, 0) is 55.6 Å². The minimum atomic E-state index is 0.551. The molecule has 1 aliphatic rings. The predicted molar refractivity (Wildman–Crippen MR) is 117 cm³/mol. The summed E-state index contributed by atoms with van der Waals surface area (Å²) in [6.45, 7) is 2.13.